The van der Waals surface area contributed by atoms with Gasteiger partial charge in [-0.15, -0.1) is 0 Å². The van der Waals surface area contributed by atoms with Crippen molar-refractivity contribution in [2.45, 2.75) is 17.9 Å². The molecule has 0 spiro atoms. The Hall–Kier alpha value is -3.31. The van der Waals surface area contributed by atoms with Gasteiger partial charge in [-0.25, -0.2) is 17.6 Å². The molecule has 1 saturated heterocycles. The van der Waals surface area contributed by atoms with Crippen LogP contribution in [0.1, 0.15) is 6.42 Å². The number of hydrogen-bond acceptors (Lipinski definition) is 5. The minimum absolute atomic E-state index is 0.0204. The average Bonchev–Trinajstić information content (AvgIpc) is 3.04. The minimum atomic E-state index is -3.83. The molecule has 3 aromatic rings. The van der Waals surface area contributed by atoms with E-state index in [4.69, 9.17) is 0 Å². The van der Waals surface area contributed by atoms with Crippen LogP contribution in [0.5, 0.6) is 0 Å². The van der Waals surface area contributed by atoms with Crippen LogP contribution >= 0.6 is 0 Å². The number of halogens is 1. The molecule has 0 unspecified atom stereocenters. The van der Waals surface area contributed by atoms with Gasteiger partial charge in [0.1, 0.15) is 12.4 Å². The van der Waals surface area contributed by atoms with Gasteiger partial charge < -0.3 is 9.88 Å². The number of amides is 1. The molecular weight excluding hydrogens is 439 g/mol. The van der Waals surface area contributed by atoms with Crippen LogP contribution in [0.3, 0.4) is 0 Å². The SMILES string of the molecule is O=C(Cn1c(=O)[nH]c2ccccc2c1=O)N1CCCN(S(=O)(=O)c2ccc(F)cc2)CC1. The van der Waals surface area contributed by atoms with Crippen molar-refractivity contribution in [3.63, 3.8) is 0 Å². The summed E-state index contributed by atoms with van der Waals surface area (Å²) in [6.45, 7) is 0.201. The molecule has 0 atom stereocenters. The van der Waals surface area contributed by atoms with Crippen molar-refractivity contribution in [2.24, 2.45) is 0 Å². The summed E-state index contributed by atoms with van der Waals surface area (Å²) >= 11 is 0. The Morgan fingerprint density at radius 1 is 0.969 bits per heavy atom. The molecule has 1 N–H and O–H groups in total. The van der Waals surface area contributed by atoms with E-state index in [1.165, 1.54) is 21.3 Å². The zero-order valence-corrected chi connectivity index (χ0v) is 17.8. The largest absolute Gasteiger partial charge is 0.340 e. The van der Waals surface area contributed by atoms with Crippen molar-refractivity contribution in [1.29, 1.82) is 0 Å². The third-order valence-electron chi connectivity index (χ3n) is 5.44. The third-order valence-corrected chi connectivity index (χ3v) is 7.35. The van der Waals surface area contributed by atoms with E-state index in [1.807, 2.05) is 0 Å². The topological polar surface area (TPSA) is 113 Å². The molecule has 2 aromatic carbocycles. The monoisotopic (exact) mass is 460 g/mol. The van der Waals surface area contributed by atoms with Gasteiger partial charge in [-0.2, -0.15) is 4.31 Å². The first-order valence-corrected chi connectivity index (χ1v) is 11.5. The molecule has 1 aliphatic rings. The van der Waals surface area contributed by atoms with Crippen LogP contribution in [0.2, 0.25) is 0 Å². The van der Waals surface area contributed by atoms with Gasteiger partial charge in [0.15, 0.2) is 0 Å². The number of fused-ring (bicyclic) bond motifs is 1. The summed E-state index contributed by atoms with van der Waals surface area (Å²) < 4.78 is 40.9. The second-order valence-corrected chi connectivity index (χ2v) is 9.40. The average molecular weight is 460 g/mol. The van der Waals surface area contributed by atoms with E-state index in [1.54, 1.807) is 24.3 Å². The highest BCUT2D eigenvalue weighted by atomic mass is 32.2. The number of carbonyl (C=O) groups excluding carboxylic acids is 1. The van der Waals surface area contributed by atoms with Crippen molar-refractivity contribution in [2.75, 3.05) is 26.2 Å². The van der Waals surface area contributed by atoms with E-state index < -0.39 is 39.5 Å². The number of aromatic nitrogens is 2. The molecule has 0 saturated carbocycles. The summed E-state index contributed by atoms with van der Waals surface area (Å²) in [7, 11) is -3.83. The van der Waals surface area contributed by atoms with Crippen molar-refractivity contribution in [3.05, 3.63) is 75.2 Å². The fourth-order valence-corrected chi connectivity index (χ4v) is 5.19. The number of nitrogens with zero attached hydrogens (tertiary/aromatic N) is 3. The Balaban J connectivity index is 1.50. The number of benzene rings is 2. The fourth-order valence-electron chi connectivity index (χ4n) is 3.72. The Morgan fingerprint density at radius 3 is 2.44 bits per heavy atom. The molecule has 2 heterocycles. The lowest BCUT2D eigenvalue weighted by molar-refractivity contribution is -0.131. The maximum Gasteiger partial charge on any atom is 0.329 e. The second kappa shape index (κ2) is 8.67. The smallest absolute Gasteiger partial charge is 0.329 e. The maximum absolute atomic E-state index is 13.1. The van der Waals surface area contributed by atoms with E-state index >= 15 is 0 Å². The van der Waals surface area contributed by atoms with Gasteiger partial charge >= 0.3 is 5.69 Å². The van der Waals surface area contributed by atoms with Gasteiger partial charge in [-0.05, 0) is 42.8 Å². The summed E-state index contributed by atoms with van der Waals surface area (Å²) in [6.07, 6.45) is 0.384. The lowest BCUT2D eigenvalue weighted by Crippen LogP contribution is -2.43. The Kier molecular flexibility index (Phi) is 5.94. The number of rotatable bonds is 4. The molecule has 9 nitrogen and oxygen atoms in total. The predicted molar refractivity (Wildman–Crippen MR) is 115 cm³/mol. The number of aromatic amines is 1. The first-order valence-electron chi connectivity index (χ1n) is 10.0. The van der Waals surface area contributed by atoms with Gasteiger partial charge in [-0.3, -0.25) is 14.2 Å². The Morgan fingerprint density at radius 2 is 1.69 bits per heavy atom. The lowest BCUT2D eigenvalue weighted by atomic mass is 10.2. The highest BCUT2D eigenvalue weighted by molar-refractivity contribution is 7.89. The highest BCUT2D eigenvalue weighted by Crippen LogP contribution is 2.18. The number of para-hydroxylation sites is 1. The summed E-state index contributed by atoms with van der Waals surface area (Å²) in [5.74, 6) is -0.982. The second-order valence-electron chi connectivity index (χ2n) is 7.46. The van der Waals surface area contributed by atoms with Crippen LogP contribution in [0.15, 0.2) is 63.0 Å². The Bertz CT molecular complexity index is 1380. The van der Waals surface area contributed by atoms with Crippen molar-refractivity contribution >= 4 is 26.8 Å². The zero-order chi connectivity index (χ0) is 22.9. The van der Waals surface area contributed by atoms with Gasteiger partial charge in [0.05, 0.1) is 15.8 Å². The maximum atomic E-state index is 13.1. The van der Waals surface area contributed by atoms with Crippen molar-refractivity contribution < 1.29 is 17.6 Å². The van der Waals surface area contributed by atoms with Crippen molar-refractivity contribution in [3.8, 4) is 0 Å². The first-order chi connectivity index (χ1) is 15.3. The normalized spacial score (nSPS) is 15.6. The first kappa shape index (κ1) is 21.9. The standard InChI is InChI=1S/C21H21FN4O5S/c22-15-6-8-16(9-7-15)32(30,31)25-11-3-10-24(12-13-25)19(27)14-26-20(28)17-4-1-2-5-18(17)23-21(26)29/h1-2,4-9H,3,10-14H2,(H,23,29). The molecule has 0 aliphatic carbocycles. The zero-order valence-electron chi connectivity index (χ0n) is 17.0. The molecule has 1 aliphatic heterocycles. The number of nitrogens with one attached hydrogen (secondary N) is 1. The van der Waals surface area contributed by atoms with Gasteiger partial charge in [0.2, 0.25) is 15.9 Å². The molecule has 1 aromatic heterocycles. The van der Waals surface area contributed by atoms with Crippen LogP contribution in [-0.4, -0.2) is 59.3 Å². The van der Waals surface area contributed by atoms with Gasteiger partial charge in [0.25, 0.3) is 5.56 Å². The molecule has 1 fully saturated rings. The summed E-state index contributed by atoms with van der Waals surface area (Å²) in [6, 6.07) is 11.1. The van der Waals surface area contributed by atoms with E-state index in [-0.39, 0.29) is 31.1 Å². The summed E-state index contributed by atoms with van der Waals surface area (Å²) in [5, 5.41) is 0.298. The number of sulfonamides is 1. The fraction of sp³-hybridized carbons (Fsp3) is 0.286. The third kappa shape index (κ3) is 4.21. The molecule has 0 bridgehead atoms. The number of H-pyrrole nitrogens is 1. The molecule has 168 valence electrons. The molecule has 1 amide bonds. The van der Waals surface area contributed by atoms with E-state index in [2.05, 4.69) is 4.98 Å². The van der Waals surface area contributed by atoms with Crippen LogP contribution < -0.4 is 11.2 Å². The van der Waals surface area contributed by atoms with Gasteiger partial charge in [-0.1, -0.05) is 12.1 Å². The molecule has 4 rings (SSSR count). The summed E-state index contributed by atoms with van der Waals surface area (Å²) in [5.41, 5.74) is -0.854. The molecule has 32 heavy (non-hydrogen) atoms. The minimum Gasteiger partial charge on any atom is -0.340 e. The van der Waals surface area contributed by atoms with Gasteiger partial charge in [0, 0.05) is 26.2 Å². The molecular formula is C21H21FN4O5S. The van der Waals surface area contributed by atoms with Crippen LogP contribution in [0.4, 0.5) is 4.39 Å². The van der Waals surface area contributed by atoms with Crippen LogP contribution in [-0.2, 0) is 21.4 Å². The number of hydrogen-bond donors (Lipinski definition) is 1. The Labute approximate surface area is 182 Å². The summed E-state index contributed by atoms with van der Waals surface area (Å²) in [4.78, 5) is 41.8. The molecule has 11 heteroatoms. The van der Waals surface area contributed by atoms with Crippen molar-refractivity contribution in [1.82, 2.24) is 18.8 Å². The van der Waals surface area contributed by atoms with Crippen LogP contribution in [0.25, 0.3) is 10.9 Å². The van der Waals surface area contributed by atoms with E-state index in [0.717, 1.165) is 16.7 Å². The van der Waals surface area contributed by atoms with E-state index in [9.17, 15) is 27.2 Å². The number of carbonyl (C=O) groups is 1. The molecule has 0 radical (unpaired) electrons. The quantitative estimate of drug-likeness (QED) is 0.618. The van der Waals surface area contributed by atoms with Crippen LogP contribution in [0, 0.1) is 5.82 Å². The van der Waals surface area contributed by atoms with E-state index in [0.29, 0.717) is 17.3 Å². The lowest BCUT2D eigenvalue weighted by Gasteiger charge is -2.22. The predicted octanol–water partition coefficient (Wildman–Crippen LogP) is 0.752. The highest BCUT2D eigenvalue weighted by Gasteiger charge is 2.28.